The van der Waals surface area contributed by atoms with Crippen LogP contribution in [0.1, 0.15) is 27.6 Å². The summed E-state index contributed by atoms with van der Waals surface area (Å²) in [5.41, 5.74) is 0.884. The molecular weight excluding hydrogens is 272 g/mol. The van der Waals surface area contributed by atoms with E-state index in [2.05, 4.69) is 32.3 Å². The quantitative estimate of drug-likeness (QED) is 0.772. The van der Waals surface area contributed by atoms with Crippen LogP contribution in [0, 0.1) is 18.8 Å². The molecule has 2 aromatic rings. The Morgan fingerprint density at radius 3 is 3.10 bits per heavy atom. The molecular formula is C14H14N4O3. The summed E-state index contributed by atoms with van der Waals surface area (Å²) in [6, 6.07) is 1.58. The van der Waals surface area contributed by atoms with Crippen molar-refractivity contribution < 1.29 is 14.4 Å². The highest BCUT2D eigenvalue weighted by atomic mass is 16.5. The molecule has 2 rings (SSSR count). The Morgan fingerprint density at radius 2 is 2.38 bits per heavy atom. The number of amides is 1. The summed E-state index contributed by atoms with van der Waals surface area (Å²) in [6.07, 6.45) is 3.48. The van der Waals surface area contributed by atoms with Crippen LogP contribution < -0.4 is 5.32 Å². The van der Waals surface area contributed by atoms with Crippen LogP contribution in [0.5, 0.6) is 0 Å². The topological polar surface area (TPSA) is 101 Å². The van der Waals surface area contributed by atoms with Gasteiger partial charge >= 0.3 is 0 Å². The summed E-state index contributed by atoms with van der Waals surface area (Å²) in [5.74, 6) is 5.96. The minimum absolute atomic E-state index is 0.264. The molecule has 0 saturated carbocycles. The van der Waals surface area contributed by atoms with Crippen LogP contribution in [0.15, 0.2) is 23.0 Å². The molecule has 0 aromatic carbocycles. The summed E-state index contributed by atoms with van der Waals surface area (Å²) in [6.45, 7) is 1.82. The van der Waals surface area contributed by atoms with Crippen LogP contribution in [-0.2, 0) is 6.42 Å². The number of hydrogen-bond acceptors (Lipinski definition) is 6. The molecule has 0 atom stereocenters. The Kier molecular flexibility index (Phi) is 5.01. The van der Waals surface area contributed by atoms with Gasteiger partial charge in [0, 0.05) is 32.3 Å². The van der Waals surface area contributed by atoms with Gasteiger partial charge in [-0.3, -0.25) is 9.78 Å². The first-order valence-corrected chi connectivity index (χ1v) is 6.32. The Labute approximate surface area is 121 Å². The third-order valence-electron chi connectivity index (χ3n) is 2.57. The number of aliphatic hydroxyl groups is 1. The van der Waals surface area contributed by atoms with Gasteiger partial charge in [0.05, 0.1) is 11.1 Å². The van der Waals surface area contributed by atoms with Crippen LogP contribution >= 0.6 is 0 Å². The van der Waals surface area contributed by atoms with Crippen molar-refractivity contribution in [2.45, 2.75) is 13.3 Å². The van der Waals surface area contributed by atoms with Crippen LogP contribution in [0.25, 0.3) is 0 Å². The molecule has 2 heterocycles. The maximum absolute atomic E-state index is 12.1. The van der Waals surface area contributed by atoms with E-state index in [1.807, 2.05) is 0 Å². The third kappa shape index (κ3) is 4.12. The standard InChI is InChI=1S/C14H14N4O3/c1-10-17-13(18-21-10)5-7-16-14(20)12-4-6-15-9-11(12)3-2-8-19/h4,6,9,19H,5,7-8H2,1H3,(H,16,20). The van der Waals surface area contributed by atoms with Gasteiger partial charge in [-0.2, -0.15) is 4.98 Å². The summed E-state index contributed by atoms with van der Waals surface area (Å²) in [7, 11) is 0. The van der Waals surface area contributed by atoms with E-state index in [0.29, 0.717) is 35.8 Å². The lowest BCUT2D eigenvalue weighted by atomic mass is 10.1. The lowest BCUT2D eigenvalue weighted by molar-refractivity contribution is 0.0953. The summed E-state index contributed by atoms with van der Waals surface area (Å²) >= 11 is 0. The van der Waals surface area contributed by atoms with Crippen LogP contribution in [-0.4, -0.2) is 39.3 Å². The average molecular weight is 286 g/mol. The van der Waals surface area contributed by atoms with E-state index in [9.17, 15) is 4.79 Å². The Hall–Kier alpha value is -2.72. The zero-order valence-corrected chi connectivity index (χ0v) is 11.5. The molecule has 21 heavy (non-hydrogen) atoms. The van der Waals surface area contributed by atoms with Gasteiger partial charge in [0.15, 0.2) is 5.82 Å². The summed E-state index contributed by atoms with van der Waals surface area (Å²) in [5, 5.41) is 15.2. The predicted octanol–water partition coefficient (Wildman–Crippen LogP) is 0.0893. The SMILES string of the molecule is Cc1nc(CCNC(=O)c2ccncc2C#CCO)no1. The Morgan fingerprint density at radius 1 is 1.52 bits per heavy atom. The smallest absolute Gasteiger partial charge is 0.252 e. The highest BCUT2D eigenvalue weighted by Crippen LogP contribution is 2.05. The molecule has 0 aliphatic heterocycles. The summed E-state index contributed by atoms with van der Waals surface area (Å²) < 4.78 is 4.85. The van der Waals surface area contributed by atoms with Gasteiger partial charge in [-0.15, -0.1) is 0 Å². The molecule has 0 bridgehead atoms. The van der Waals surface area contributed by atoms with Crippen molar-refractivity contribution in [2.24, 2.45) is 0 Å². The molecule has 0 aliphatic carbocycles. The first kappa shape index (κ1) is 14.7. The fraction of sp³-hybridized carbons (Fsp3) is 0.286. The van der Waals surface area contributed by atoms with E-state index in [-0.39, 0.29) is 12.5 Å². The van der Waals surface area contributed by atoms with Gasteiger partial charge in [-0.05, 0) is 6.07 Å². The number of pyridine rings is 1. The number of nitrogens with zero attached hydrogens (tertiary/aromatic N) is 3. The molecule has 0 radical (unpaired) electrons. The molecule has 0 fully saturated rings. The van der Waals surface area contributed by atoms with E-state index in [1.54, 1.807) is 13.0 Å². The molecule has 2 N–H and O–H groups in total. The number of aryl methyl sites for hydroxylation is 1. The molecule has 1 amide bonds. The predicted molar refractivity (Wildman–Crippen MR) is 73.3 cm³/mol. The van der Waals surface area contributed by atoms with Crippen molar-refractivity contribution in [3.05, 3.63) is 41.3 Å². The summed E-state index contributed by atoms with van der Waals surface area (Å²) in [4.78, 5) is 20.1. The fourth-order valence-corrected chi connectivity index (χ4v) is 1.65. The second-order valence-electron chi connectivity index (χ2n) is 4.12. The van der Waals surface area contributed by atoms with Crippen molar-refractivity contribution in [3.63, 3.8) is 0 Å². The monoisotopic (exact) mass is 286 g/mol. The van der Waals surface area contributed by atoms with Crippen molar-refractivity contribution >= 4 is 5.91 Å². The molecule has 0 spiro atoms. The number of aliphatic hydroxyl groups excluding tert-OH is 1. The molecule has 7 heteroatoms. The maximum atomic E-state index is 12.1. The van der Waals surface area contributed by atoms with Gasteiger partial charge in [0.25, 0.3) is 5.91 Å². The van der Waals surface area contributed by atoms with Crippen molar-refractivity contribution in [3.8, 4) is 11.8 Å². The van der Waals surface area contributed by atoms with Gasteiger partial charge in [0.2, 0.25) is 5.89 Å². The minimum Gasteiger partial charge on any atom is -0.384 e. The second-order valence-corrected chi connectivity index (χ2v) is 4.12. The van der Waals surface area contributed by atoms with Gasteiger partial charge < -0.3 is 14.9 Å². The lowest BCUT2D eigenvalue weighted by Gasteiger charge is -2.05. The first-order chi connectivity index (χ1) is 10.2. The molecule has 0 unspecified atom stereocenters. The normalized spacial score (nSPS) is 9.81. The zero-order valence-electron chi connectivity index (χ0n) is 11.5. The maximum Gasteiger partial charge on any atom is 0.252 e. The fourth-order valence-electron chi connectivity index (χ4n) is 1.65. The molecule has 2 aromatic heterocycles. The van der Waals surface area contributed by atoms with Gasteiger partial charge in [-0.1, -0.05) is 17.0 Å². The molecule has 0 saturated heterocycles. The van der Waals surface area contributed by atoms with Crippen molar-refractivity contribution in [2.75, 3.05) is 13.2 Å². The van der Waals surface area contributed by atoms with Gasteiger partial charge in [-0.25, -0.2) is 0 Å². The number of carbonyl (C=O) groups excluding carboxylic acids is 1. The Bertz CT molecular complexity index is 685. The van der Waals surface area contributed by atoms with E-state index >= 15 is 0 Å². The highest BCUT2D eigenvalue weighted by molar-refractivity contribution is 5.96. The first-order valence-electron chi connectivity index (χ1n) is 6.32. The number of rotatable bonds is 4. The average Bonchev–Trinajstić information content (AvgIpc) is 2.91. The Balaban J connectivity index is 1.97. The number of hydrogen-bond donors (Lipinski definition) is 2. The lowest BCUT2D eigenvalue weighted by Crippen LogP contribution is -2.26. The second kappa shape index (κ2) is 7.17. The van der Waals surface area contributed by atoms with E-state index in [4.69, 9.17) is 9.63 Å². The third-order valence-corrected chi connectivity index (χ3v) is 2.57. The largest absolute Gasteiger partial charge is 0.384 e. The number of carbonyl (C=O) groups is 1. The van der Waals surface area contributed by atoms with Crippen molar-refractivity contribution in [1.82, 2.24) is 20.4 Å². The van der Waals surface area contributed by atoms with E-state index in [1.165, 1.54) is 12.4 Å². The number of nitrogens with one attached hydrogen (secondary N) is 1. The van der Waals surface area contributed by atoms with Crippen molar-refractivity contribution in [1.29, 1.82) is 0 Å². The molecule has 7 nitrogen and oxygen atoms in total. The van der Waals surface area contributed by atoms with Crippen LogP contribution in [0.3, 0.4) is 0 Å². The zero-order chi connectivity index (χ0) is 15.1. The molecule has 0 aliphatic rings. The highest BCUT2D eigenvalue weighted by Gasteiger charge is 2.10. The van der Waals surface area contributed by atoms with Crippen LogP contribution in [0.2, 0.25) is 0 Å². The van der Waals surface area contributed by atoms with Crippen LogP contribution in [0.4, 0.5) is 0 Å². The molecule has 108 valence electrons. The minimum atomic E-state index is -0.271. The number of aromatic nitrogens is 3. The van der Waals surface area contributed by atoms with E-state index in [0.717, 1.165) is 0 Å². The van der Waals surface area contributed by atoms with Gasteiger partial charge in [0.1, 0.15) is 6.61 Å². The van der Waals surface area contributed by atoms with E-state index < -0.39 is 0 Å².